The third-order valence-corrected chi connectivity index (χ3v) is 2.83. The Balaban J connectivity index is 2.65. The van der Waals surface area contributed by atoms with Crippen LogP contribution in [0.25, 0.3) is 0 Å². The molecule has 0 aliphatic carbocycles. The zero-order valence-corrected chi connectivity index (χ0v) is 12.8. The predicted molar refractivity (Wildman–Crippen MR) is 83.1 cm³/mol. The van der Waals surface area contributed by atoms with Crippen LogP contribution < -0.4 is 20.7 Å². The Kier molecular flexibility index (Phi) is 6.15. The molecule has 0 atom stereocenters. The number of benzene rings is 1. The third-order valence-electron chi connectivity index (χ3n) is 2.83. The molecule has 0 fully saturated rings. The van der Waals surface area contributed by atoms with Crippen molar-refractivity contribution in [1.29, 1.82) is 0 Å². The summed E-state index contributed by atoms with van der Waals surface area (Å²) in [7, 11) is 1.87. The van der Waals surface area contributed by atoms with Crippen molar-refractivity contribution in [3.63, 3.8) is 0 Å². The average Bonchev–Trinajstić information content (AvgIpc) is 2.39. The van der Waals surface area contributed by atoms with Gasteiger partial charge in [-0.3, -0.25) is 4.79 Å². The van der Waals surface area contributed by atoms with Crippen LogP contribution in [0, 0.1) is 5.92 Å². The number of nitrogens with one attached hydrogen (secondary N) is 1. The molecule has 0 radical (unpaired) electrons. The molecule has 5 heteroatoms. The van der Waals surface area contributed by atoms with Crippen molar-refractivity contribution < 1.29 is 9.53 Å². The highest BCUT2D eigenvalue weighted by atomic mass is 16.5. The number of likely N-dealkylation sites (N-methyl/N-ethyl adjacent to an activating group) is 1. The maximum absolute atomic E-state index is 11.8. The van der Waals surface area contributed by atoms with Crippen LogP contribution in [-0.4, -0.2) is 32.7 Å². The lowest BCUT2D eigenvalue weighted by Gasteiger charge is -2.20. The number of amides is 1. The zero-order valence-electron chi connectivity index (χ0n) is 12.8. The van der Waals surface area contributed by atoms with E-state index in [1.165, 1.54) is 0 Å². The standard InChI is InChI=1S/C15H25N3O2/c1-5-20-14-8-12(6-7-13(14)16)18(4)10-15(19)17-9-11(2)3/h6-8,11H,5,9-10,16H2,1-4H3,(H,17,19). The van der Waals surface area contributed by atoms with Crippen molar-refractivity contribution in [3.8, 4) is 5.75 Å². The first kappa shape index (κ1) is 16.1. The van der Waals surface area contributed by atoms with E-state index in [9.17, 15) is 4.79 Å². The van der Waals surface area contributed by atoms with Gasteiger partial charge in [0.15, 0.2) is 0 Å². The van der Waals surface area contributed by atoms with E-state index in [2.05, 4.69) is 19.2 Å². The fourth-order valence-electron chi connectivity index (χ4n) is 1.72. The molecule has 3 N–H and O–H groups in total. The third kappa shape index (κ3) is 4.99. The SMILES string of the molecule is CCOc1cc(N(C)CC(=O)NCC(C)C)ccc1N. The van der Waals surface area contributed by atoms with Gasteiger partial charge in [-0.1, -0.05) is 13.8 Å². The summed E-state index contributed by atoms with van der Waals surface area (Å²) < 4.78 is 5.46. The molecule has 0 saturated carbocycles. The summed E-state index contributed by atoms with van der Waals surface area (Å²) >= 11 is 0. The van der Waals surface area contributed by atoms with Gasteiger partial charge in [-0.05, 0) is 25.0 Å². The topological polar surface area (TPSA) is 67.6 Å². The molecule has 0 spiro atoms. The van der Waals surface area contributed by atoms with Crippen LogP contribution in [0.2, 0.25) is 0 Å². The number of nitrogen functional groups attached to an aromatic ring is 1. The summed E-state index contributed by atoms with van der Waals surface area (Å²) in [5.74, 6) is 1.11. The summed E-state index contributed by atoms with van der Waals surface area (Å²) in [5, 5.41) is 2.90. The smallest absolute Gasteiger partial charge is 0.239 e. The van der Waals surface area contributed by atoms with E-state index in [4.69, 9.17) is 10.5 Å². The number of carbonyl (C=O) groups is 1. The van der Waals surface area contributed by atoms with Crippen LogP contribution in [0.5, 0.6) is 5.75 Å². The minimum atomic E-state index is 0.0102. The van der Waals surface area contributed by atoms with E-state index in [1.807, 2.05) is 31.0 Å². The molecule has 0 aliphatic rings. The van der Waals surface area contributed by atoms with Gasteiger partial charge in [0, 0.05) is 25.3 Å². The van der Waals surface area contributed by atoms with Gasteiger partial charge in [0.2, 0.25) is 5.91 Å². The summed E-state index contributed by atoms with van der Waals surface area (Å²) in [4.78, 5) is 13.7. The zero-order chi connectivity index (χ0) is 15.1. The lowest BCUT2D eigenvalue weighted by atomic mass is 10.2. The molecule has 20 heavy (non-hydrogen) atoms. The number of hydrogen-bond acceptors (Lipinski definition) is 4. The van der Waals surface area contributed by atoms with Crippen molar-refractivity contribution in [2.45, 2.75) is 20.8 Å². The number of hydrogen-bond donors (Lipinski definition) is 2. The lowest BCUT2D eigenvalue weighted by Crippen LogP contribution is -2.36. The van der Waals surface area contributed by atoms with Crippen molar-refractivity contribution in [2.75, 3.05) is 37.4 Å². The second-order valence-corrected chi connectivity index (χ2v) is 5.21. The molecule has 5 nitrogen and oxygen atoms in total. The first-order valence-electron chi connectivity index (χ1n) is 6.94. The molecule has 0 aromatic heterocycles. The Morgan fingerprint density at radius 2 is 2.15 bits per heavy atom. The van der Waals surface area contributed by atoms with E-state index >= 15 is 0 Å². The normalized spacial score (nSPS) is 10.4. The van der Waals surface area contributed by atoms with Crippen LogP contribution in [-0.2, 0) is 4.79 Å². The van der Waals surface area contributed by atoms with Gasteiger partial charge in [-0.15, -0.1) is 0 Å². The monoisotopic (exact) mass is 279 g/mol. The Labute approximate surface area is 121 Å². The molecule has 1 aromatic rings. The molecule has 0 aliphatic heterocycles. The van der Waals surface area contributed by atoms with Gasteiger partial charge in [0.05, 0.1) is 18.8 Å². The van der Waals surface area contributed by atoms with E-state index in [1.54, 1.807) is 6.07 Å². The second-order valence-electron chi connectivity index (χ2n) is 5.21. The Morgan fingerprint density at radius 1 is 1.45 bits per heavy atom. The maximum Gasteiger partial charge on any atom is 0.239 e. The first-order chi connectivity index (χ1) is 9.43. The molecule has 1 rings (SSSR count). The second kappa shape index (κ2) is 7.62. The molecule has 1 aromatic carbocycles. The van der Waals surface area contributed by atoms with Crippen molar-refractivity contribution in [3.05, 3.63) is 18.2 Å². The molecule has 1 amide bonds. The van der Waals surface area contributed by atoms with Crippen molar-refractivity contribution in [2.24, 2.45) is 5.92 Å². The average molecular weight is 279 g/mol. The lowest BCUT2D eigenvalue weighted by molar-refractivity contribution is -0.119. The first-order valence-corrected chi connectivity index (χ1v) is 6.94. The quantitative estimate of drug-likeness (QED) is 0.748. The van der Waals surface area contributed by atoms with E-state index in [0.717, 1.165) is 5.69 Å². The minimum absolute atomic E-state index is 0.0102. The molecule has 0 saturated heterocycles. The van der Waals surface area contributed by atoms with Crippen LogP contribution in [0.1, 0.15) is 20.8 Å². The highest BCUT2D eigenvalue weighted by Gasteiger charge is 2.10. The highest BCUT2D eigenvalue weighted by molar-refractivity contribution is 5.81. The van der Waals surface area contributed by atoms with E-state index in [0.29, 0.717) is 37.1 Å². The van der Waals surface area contributed by atoms with Crippen LogP contribution >= 0.6 is 0 Å². The van der Waals surface area contributed by atoms with Gasteiger partial charge >= 0.3 is 0 Å². The molecular weight excluding hydrogens is 254 g/mol. The van der Waals surface area contributed by atoms with Crippen molar-refractivity contribution in [1.82, 2.24) is 5.32 Å². The number of rotatable bonds is 7. The fraction of sp³-hybridized carbons (Fsp3) is 0.533. The largest absolute Gasteiger partial charge is 0.492 e. The minimum Gasteiger partial charge on any atom is -0.492 e. The number of anilines is 2. The summed E-state index contributed by atoms with van der Waals surface area (Å²) in [6.07, 6.45) is 0. The molecule has 0 bridgehead atoms. The number of carbonyl (C=O) groups excluding carboxylic acids is 1. The van der Waals surface area contributed by atoms with Gasteiger partial charge in [-0.2, -0.15) is 0 Å². The predicted octanol–water partition coefficient (Wildman–Crippen LogP) is 1.88. The van der Waals surface area contributed by atoms with Crippen LogP contribution in [0.4, 0.5) is 11.4 Å². The van der Waals surface area contributed by atoms with Gasteiger partial charge in [0.1, 0.15) is 5.75 Å². The van der Waals surface area contributed by atoms with Crippen LogP contribution in [0.3, 0.4) is 0 Å². The van der Waals surface area contributed by atoms with Gasteiger partial charge < -0.3 is 20.7 Å². The molecule has 0 heterocycles. The van der Waals surface area contributed by atoms with Crippen molar-refractivity contribution >= 4 is 17.3 Å². The van der Waals surface area contributed by atoms with Gasteiger partial charge in [0.25, 0.3) is 0 Å². The fourth-order valence-corrected chi connectivity index (χ4v) is 1.72. The number of nitrogens with zero attached hydrogens (tertiary/aromatic N) is 1. The van der Waals surface area contributed by atoms with E-state index in [-0.39, 0.29) is 5.91 Å². The molecule has 112 valence electrons. The Bertz CT molecular complexity index is 447. The Hall–Kier alpha value is -1.91. The summed E-state index contributed by atoms with van der Waals surface area (Å²) in [5.41, 5.74) is 7.34. The highest BCUT2D eigenvalue weighted by Crippen LogP contribution is 2.27. The Morgan fingerprint density at radius 3 is 2.75 bits per heavy atom. The summed E-state index contributed by atoms with van der Waals surface area (Å²) in [6.45, 7) is 7.61. The maximum atomic E-state index is 11.8. The molecule has 0 unspecified atom stereocenters. The molecular formula is C15H25N3O2. The number of ether oxygens (including phenoxy) is 1. The van der Waals surface area contributed by atoms with Crippen LogP contribution in [0.15, 0.2) is 18.2 Å². The number of nitrogens with two attached hydrogens (primary N) is 1. The van der Waals surface area contributed by atoms with Gasteiger partial charge in [-0.25, -0.2) is 0 Å². The summed E-state index contributed by atoms with van der Waals surface area (Å²) in [6, 6.07) is 5.53. The van der Waals surface area contributed by atoms with E-state index < -0.39 is 0 Å².